The third-order valence-electron chi connectivity index (χ3n) is 5.00. The average molecular weight is 503 g/mol. The number of alkyl halides is 3. The van der Waals surface area contributed by atoms with Gasteiger partial charge in [-0.3, -0.25) is 4.79 Å². The first-order chi connectivity index (χ1) is 15.4. The van der Waals surface area contributed by atoms with E-state index >= 15 is 0 Å². The van der Waals surface area contributed by atoms with Gasteiger partial charge in [-0.15, -0.1) is 0 Å². The summed E-state index contributed by atoms with van der Waals surface area (Å²) in [4.78, 5) is 24.0. The molecule has 0 spiro atoms. The second-order valence-corrected chi connectivity index (χ2v) is 7.99. The Kier molecular flexibility index (Phi) is 7.14. The molecule has 5 nitrogen and oxygen atoms in total. The molecule has 11 heteroatoms. The molecule has 3 aromatic rings. The molecule has 0 bridgehead atoms. The van der Waals surface area contributed by atoms with Gasteiger partial charge in [-0.2, -0.15) is 18.3 Å². The van der Waals surface area contributed by atoms with Crippen LogP contribution in [0.4, 0.5) is 17.6 Å². The summed E-state index contributed by atoms with van der Waals surface area (Å²) < 4.78 is 55.5. The maximum atomic E-state index is 13.7. The third kappa shape index (κ3) is 5.20. The van der Waals surface area contributed by atoms with Crippen LogP contribution >= 0.6 is 23.2 Å². The highest BCUT2D eigenvalue weighted by molar-refractivity contribution is 6.35. The van der Waals surface area contributed by atoms with Gasteiger partial charge in [0.05, 0.1) is 27.5 Å². The number of nitrogens with zero attached hydrogens (tertiary/aromatic N) is 2. The van der Waals surface area contributed by atoms with Crippen LogP contribution in [0.5, 0.6) is 0 Å². The lowest BCUT2D eigenvalue weighted by Gasteiger charge is -2.18. The van der Waals surface area contributed by atoms with Crippen LogP contribution < -0.4 is 5.56 Å². The van der Waals surface area contributed by atoms with Crippen molar-refractivity contribution in [2.24, 2.45) is 0 Å². The van der Waals surface area contributed by atoms with Crippen LogP contribution in [0.2, 0.25) is 10.0 Å². The number of hydrogen-bond donors (Lipinski definition) is 1. The summed E-state index contributed by atoms with van der Waals surface area (Å²) in [6, 6.07) is 4.85. The molecule has 0 radical (unpaired) electrons. The fourth-order valence-corrected chi connectivity index (χ4v) is 3.84. The lowest BCUT2D eigenvalue weighted by Crippen LogP contribution is -2.31. The second kappa shape index (κ2) is 9.52. The van der Waals surface area contributed by atoms with E-state index in [0.29, 0.717) is 10.9 Å². The summed E-state index contributed by atoms with van der Waals surface area (Å²) in [5.74, 6) is -4.33. The molecule has 1 heterocycles. The Morgan fingerprint density at radius 1 is 1.21 bits per heavy atom. The number of hydrogen-bond acceptors (Lipinski definition) is 3. The van der Waals surface area contributed by atoms with Crippen LogP contribution in [0, 0.1) is 5.82 Å². The fraction of sp³-hybridized carbons (Fsp3) is 0.227. The van der Waals surface area contributed by atoms with Crippen LogP contribution in [0.15, 0.2) is 47.4 Å². The Balaban J connectivity index is 2.01. The molecule has 33 heavy (non-hydrogen) atoms. The average Bonchev–Trinajstić information content (AvgIpc) is 2.73. The summed E-state index contributed by atoms with van der Waals surface area (Å²) in [6.07, 6.45) is -1.22. The van der Waals surface area contributed by atoms with Gasteiger partial charge in [0.25, 0.3) is 5.56 Å². The van der Waals surface area contributed by atoms with Crippen molar-refractivity contribution in [2.45, 2.75) is 31.5 Å². The monoisotopic (exact) mass is 502 g/mol. The van der Waals surface area contributed by atoms with Gasteiger partial charge < -0.3 is 5.11 Å². The highest BCUT2D eigenvalue weighted by atomic mass is 35.5. The molecule has 0 saturated carbocycles. The molecule has 0 amide bonds. The maximum absolute atomic E-state index is 13.7. The zero-order chi connectivity index (χ0) is 24.5. The molecule has 0 aliphatic rings. The van der Waals surface area contributed by atoms with Gasteiger partial charge >= 0.3 is 12.1 Å². The van der Waals surface area contributed by atoms with E-state index in [1.165, 1.54) is 30.5 Å². The number of carboxylic acid groups (broad SMARTS) is 1. The van der Waals surface area contributed by atoms with Crippen molar-refractivity contribution in [3.05, 3.63) is 79.9 Å². The summed E-state index contributed by atoms with van der Waals surface area (Å²) in [6.45, 7) is 1.60. The number of rotatable bonds is 6. The lowest BCUT2D eigenvalue weighted by molar-refractivity contribution is -0.141. The highest BCUT2D eigenvalue weighted by Crippen LogP contribution is 2.39. The van der Waals surface area contributed by atoms with Crippen molar-refractivity contribution in [1.29, 1.82) is 0 Å². The quantitative estimate of drug-likeness (QED) is 0.320. The highest BCUT2D eigenvalue weighted by Gasteiger charge is 2.39. The van der Waals surface area contributed by atoms with E-state index in [-0.39, 0.29) is 17.4 Å². The van der Waals surface area contributed by atoms with Crippen molar-refractivity contribution in [3.63, 3.8) is 0 Å². The Morgan fingerprint density at radius 2 is 1.85 bits per heavy atom. The summed E-state index contributed by atoms with van der Waals surface area (Å²) >= 11 is 11.3. The summed E-state index contributed by atoms with van der Waals surface area (Å²) in [5.41, 5.74) is -0.624. The standard InChI is InChI=1S/C22H16Cl2F4N2O3/c1-2-18(21(32)33)30-20(31)14-5-3-11(7-13(14)10-29-30)4-6-15(22(26,27)28)12-8-16(23)19(25)17(24)9-12/h3-10,15,18H,2H2,1H3,(H,32,33). The molecule has 1 aromatic heterocycles. The SMILES string of the molecule is CCC(C(=O)O)n1ncc2cc(C=CC(c3cc(Cl)c(F)c(Cl)c3)C(F)(F)F)ccc2c1=O. The zero-order valence-corrected chi connectivity index (χ0v) is 18.4. The number of benzene rings is 2. The minimum atomic E-state index is -4.71. The second-order valence-electron chi connectivity index (χ2n) is 7.18. The topological polar surface area (TPSA) is 72.2 Å². The fourth-order valence-electron chi connectivity index (χ4n) is 3.33. The van der Waals surface area contributed by atoms with Crippen LogP contribution in [0.25, 0.3) is 16.8 Å². The number of aromatic nitrogens is 2. The van der Waals surface area contributed by atoms with Crippen LogP contribution in [0.1, 0.15) is 36.4 Å². The number of carboxylic acids is 1. The first-order valence-corrected chi connectivity index (χ1v) is 10.3. The normalized spacial score (nSPS) is 14.0. The van der Waals surface area contributed by atoms with Crippen molar-refractivity contribution in [1.82, 2.24) is 9.78 Å². The van der Waals surface area contributed by atoms with Crippen LogP contribution in [-0.4, -0.2) is 27.0 Å². The van der Waals surface area contributed by atoms with E-state index < -0.39 is 45.5 Å². The number of allylic oxidation sites excluding steroid dienone is 1. The Bertz CT molecular complexity index is 1280. The molecule has 0 saturated heterocycles. The predicted molar refractivity (Wildman–Crippen MR) is 117 cm³/mol. The molecule has 3 rings (SSSR count). The number of fused-ring (bicyclic) bond motifs is 1. The minimum absolute atomic E-state index is 0.144. The number of carbonyl (C=O) groups is 1. The van der Waals surface area contributed by atoms with Gasteiger partial charge in [-0.1, -0.05) is 48.3 Å². The van der Waals surface area contributed by atoms with E-state index in [9.17, 15) is 32.3 Å². The van der Waals surface area contributed by atoms with Gasteiger partial charge in [0.1, 0.15) is 0 Å². The van der Waals surface area contributed by atoms with E-state index in [1.54, 1.807) is 6.92 Å². The number of halogens is 6. The Labute approximate surface area is 194 Å². The molecular weight excluding hydrogens is 487 g/mol. The predicted octanol–water partition coefficient (Wildman–Crippen LogP) is 6.24. The minimum Gasteiger partial charge on any atom is -0.480 e. The maximum Gasteiger partial charge on any atom is 0.399 e. The van der Waals surface area contributed by atoms with E-state index in [4.69, 9.17) is 23.2 Å². The molecule has 1 N–H and O–H groups in total. The molecule has 0 aliphatic heterocycles. The molecule has 2 aromatic carbocycles. The van der Waals surface area contributed by atoms with Gasteiger partial charge in [0, 0.05) is 5.39 Å². The smallest absolute Gasteiger partial charge is 0.399 e. The van der Waals surface area contributed by atoms with Crippen LogP contribution in [-0.2, 0) is 4.79 Å². The number of aliphatic carboxylic acids is 1. The lowest BCUT2D eigenvalue weighted by atomic mass is 9.96. The largest absolute Gasteiger partial charge is 0.480 e. The first kappa shape index (κ1) is 24.7. The van der Waals surface area contributed by atoms with Crippen molar-refractivity contribution in [3.8, 4) is 0 Å². The molecule has 2 atom stereocenters. The molecule has 174 valence electrons. The van der Waals surface area contributed by atoms with Gasteiger partial charge in [0.15, 0.2) is 11.9 Å². The van der Waals surface area contributed by atoms with Gasteiger partial charge in [-0.25, -0.2) is 13.9 Å². The van der Waals surface area contributed by atoms with Crippen molar-refractivity contribution < 1.29 is 27.5 Å². The van der Waals surface area contributed by atoms with Gasteiger partial charge in [-0.05, 0) is 41.8 Å². The van der Waals surface area contributed by atoms with E-state index in [0.717, 1.165) is 22.9 Å². The Morgan fingerprint density at radius 3 is 2.39 bits per heavy atom. The first-order valence-electron chi connectivity index (χ1n) is 9.57. The summed E-state index contributed by atoms with van der Waals surface area (Å²) in [5, 5.41) is 12.6. The third-order valence-corrected chi connectivity index (χ3v) is 5.55. The van der Waals surface area contributed by atoms with Crippen LogP contribution in [0.3, 0.4) is 0 Å². The molecule has 0 fully saturated rings. The van der Waals surface area contributed by atoms with Crippen molar-refractivity contribution in [2.75, 3.05) is 0 Å². The molecule has 0 aliphatic carbocycles. The van der Waals surface area contributed by atoms with E-state index in [2.05, 4.69) is 5.10 Å². The van der Waals surface area contributed by atoms with Crippen molar-refractivity contribution >= 4 is 46.0 Å². The summed E-state index contributed by atoms with van der Waals surface area (Å²) in [7, 11) is 0. The zero-order valence-electron chi connectivity index (χ0n) is 16.9. The van der Waals surface area contributed by atoms with Gasteiger partial charge in [0.2, 0.25) is 0 Å². The molecular formula is C22H16Cl2F4N2O3. The Hall–Kier alpha value is -2.91. The molecule has 2 unspecified atom stereocenters. The van der Waals surface area contributed by atoms with E-state index in [1.807, 2.05) is 0 Å².